The lowest BCUT2D eigenvalue weighted by Crippen LogP contribution is -2.30. The van der Waals surface area contributed by atoms with Gasteiger partial charge in [-0.1, -0.05) is 146 Å². The summed E-state index contributed by atoms with van der Waals surface area (Å²) in [5, 5.41) is 2.28. The smallest absolute Gasteiger partial charge is 0.299 e. The van der Waals surface area contributed by atoms with Gasteiger partial charge < -0.3 is 4.42 Å². The Kier molecular flexibility index (Phi) is 9.09. The van der Waals surface area contributed by atoms with E-state index in [1.807, 2.05) is 0 Å². The fourth-order valence-electron chi connectivity index (χ4n) is 8.69. The summed E-state index contributed by atoms with van der Waals surface area (Å²) in [5.74, 6) is 2.55. The maximum atomic E-state index is 7.15. The lowest BCUT2D eigenvalue weighted by atomic mass is 9.82. The van der Waals surface area contributed by atoms with Gasteiger partial charge in [0.2, 0.25) is 0 Å². The van der Waals surface area contributed by atoms with Crippen molar-refractivity contribution in [3.05, 3.63) is 143 Å². The van der Waals surface area contributed by atoms with Crippen LogP contribution in [0.2, 0.25) is 0 Å². The normalized spacial score (nSPS) is 12.2. The van der Waals surface area contributed by atoms with Gasteiger partial charge in [-0.2, -0.15) is 4.57 Å². The zero-order chi connectivity index (χ0) is 38.0. The number of benzene rings is 6. The lowest BCUT2D eigenvalue weighted by Gasteiger charge is -2.22. The van der Waals surface area contributed by atoms with Crippen molar-refractivity contribution in [1.29, 1.82) is 0 Å². The first-order valence-corrected chi connectivity index (χ1v) is 19.8. The van der Waals surface area contributed by atoms with E-state index in [0.29, 0.717) is 23.7 Å². The van der Waals surface area contributed by atoms with Crippen molar-refractivity contribution in [2.75, 3.05) is 0 Å². The number of hydrogen-bond donors (Lipinski definition) is 0. The minimum Gasteiger partial charge on any atom is -0.455 e. The second-order valence-corrected chi connectivity index (χ2v) is 16.5. The SMILES string of the molecule is Cc1ccc2c(oc3cc(-c4c(C(C)C)cc(-c5ccccc5)cc4C(C)C)ccc32)c1-c1n(-c2c(C(C)C)cccc2C(C)C)c2ccccc2[n+]1C. The van der Waals surface area contributed by atoms with Crippen LogP contribution in [0.5, 0.6) is 0 Å². The summed E-state index contributed by atoms with van der Waals surface area (Å²) >= 11 is 0. The van der Waals surface area contributed by atoms with E-state index in [2.05, 4.69) is 194 Å². The van der Waals surface area contributed by atoms with Crippen molar-refractivity contribution in [3.63, 3.8) is 0 Å². The van der Waals surface area contributed by atoms with Crippen molar-refractivity contribution < 1.29 is 8.98 Å². The van der Waals surface area contributed by atoms with Gasteiger partial charge in [-0.15, -0.1) is 0 Å². The zero-order valence-electron chi connectivity index (χ0n) is 33.6. The molecule has 3 heteroatoms. The van der Waals surface area contributed by atoms with Crippen LogP contribution in [-0.2, 0) is 7.05 Å². The summed E-state index contributed by atoms with van der Waals surface area (Å²) < 4.78 is 12.0. The highest BCUT2D eigenvalue weighted by Crippen LogP contribution is 2.45. The molecule has 0 fully saturated rings. The summed E-state index contributed by atoms with van der Waals surface area (Å²) in [5.41, 5.74) is 18.4. The molecule has 0 aliphatic rings. The highest BCUT2D eigenvalue weighted by Gasteiger charge is 2.33. The Balaban J connectivity index is 1.41. The quantitative estimate of drug-likeness (QED) is 0.144. The predicted molar refractivity (Wildman–Crippen MR) is 229 cm³/mol. The van der Waals surface area contributed by atoms with Crippen LogP contribution < -0.4 is 4.57 Å². The topological polar surface area (TPSA) is 21.9 Å². The molecule has 0 radical (unpaired) electrons. The van der Waals surface area contributed by atoms with Crippen molar-refractivity contribution in [2.45, 2.75) is 86.0 Å². The van der Waals surface area contributed by atoms with Gasteiger partial charge in [0.1, 0.15) is 16.8 Å². The first-order chi connectivity index (χ1) is 26.0. The van der Waals surface area contributed by atoms with Crippen LogP contribution in [0.3, 0.4) is 0 Å². The molecule has 0 spiro atoms. The second-order valence-electron chi connectivity index (χ2n) is 16.5. The number of para-hydroxylation sites is 3. The minimum absolute atomic E-state index is 0.354. The van der Waals surface area contributed by atoms with Crippen molar-refractivity contribution in [2.24, 2.45) is 7.05 Å². The summed E-state index contributed by atoms with van der Waals surface area (Å²) in [6.45, 7) is 20.7. The number of aryl methyl sites for hydroxylation is 2. The molecule has 272 valence electrons. The first-order valence-electron chi connectivity index (χ1n) is 19.8. The molecule has 0 unspecified atom stereocenters. The first kappa shape index (κ1) is 35.6. The number of rotatable bonds is 8. The predicted octanol–water partition coefficient (Wildman–Crippen LogP) is 14.2. The molecule has 0 saturated carbocycles. The van der Waals surface area contributed by atoms with Crippen LogP contribution in [0.4, 0.5) is 0 Å². The third-order valence-corrected chi connectivity index (χ3v) is 11.5. The highest BCUT2D eigenvalue weighted by molar-refractivity contribution is 6.10. The van der Waals surface area contributed by atoms with Crippen LogP contribution in [0.1, 0.15) is 107 Å². The largest absolute Gasteiger partial charge is 0.455 e. The van der Waals surface area contributed by atoms with Crippen LogP contribution in [0.25, 0.3) is 72.3 Å². The molecular weight excluding hydrogens is 657 g/mol. The Morgan fingerprint density at radius 2 is 1.11 bits per heavy atom. The molecule has 0 aliphatic heterocycles. The van der Waals surface area contributed by atoms with E-state index >= 15 is 0 Å². The molecule has 0 bridgehead atoms. The third-order valence-electron chi connectivity index (χ3n) is 11.5. The van der Waals surface area contributed by atoms with Gasteiger partial charge in [0.25, 0.3) is 5.82 Å². The summed E-state index contributed by atoms with van der Waals surface area (Å²) in [7, 11) is 2.21. The average molecular weight is 710 g/mol. The van der Waals surface area contributed by atoms with Crippen molar-refractivity contribution >= 4 is 33.0 Å². The number of nitrogens with zero attached hydrogens (tertiary/aromatic N) is 2. The van der Waals surface area contributed by atoms with E-state index in [-0.39, 0.29) is 0 Å². The van der Waals surface area contributed by atoms with Gasteiger partial charge in [-0.3, -0.25) is 0 Å². The van der Waals surface area contributed by atoms with E-state index in [1.54, 1.807) is 0 Å². The Labute approximate surface area is 320 Å². The summed E-state index contributed by atoms with van der Waals surface area (Å²) in [6, 6.07) is 42.7. The zero-order valence-corrected chi connectivity index (χ0v) is 33.6. The molecule has 3 nitrogen and oxygen atoms in total. The van der Waals surface area contributed by atoms with Gasteiger partial charge >= 0.3 is 0 Å². The van der Waals surface area contributed by atoms with Crippen LogP contribution in [-0.4, -0.2) is 4.57 Å². The standard InChI is InChI=1S/C51H53N2O/c1-30(2)38-19-16-20-39(31(3)4)49(38)53-45-22-15-14-21-44(45)52(10)51(53)47-34(9)23-25-41-40-26-24-36(29-46(40)54-50(41)47)48-42(32(5)6)27-37(28-43(48)33(7)8)35-17-12-11-13-18-35/h11-33H,1-10H3/q+1. The molecule has 0 amide bonds. The number of fused-ring (bicyclic) bond motifs is 4. The van der Waals surface area contributed by atoms with Crippen LogP contribution in [0.15, 0.2) is 120 Å². The Bertz CT molecular complexity index is 2630. The number of imidazole rings is 1. The Morgan fingerprint density at radius 3 is 1.74 bits per heavy atom. The van der Waals surface area contributed by atoms with E-state index in [1.165, 1.54) is 66.8 Å². The Morgan fingerprint density at radius 1 is 0.519 bits per heavy atom. The van der Waals surface area contributed by atoms with E-state index in [9.17, 15) is 0 Å². The monoisotopic (exact) mass is 709 g/mol. The Hall–Kier alpha value is -5.41. The number of aromatic nitrogens is 2. The van der Waals surface area contributed by atoms with E-state index in [4.69, 9.17) is 4.42 Å². The van der Waals surface area contributed by atoms with Gasteiger partial charge in [-0.05, 0) is 93.8 Å². The second kappa shape index (κ2) is 13.8. The molecule has 6 aromatic carbocycles. The third kappa shape index (κ3) is 5.77. The maximum absolute atomic E-state index is 7.15. The van der Waals surface area contributed by atoms with Crippen LogP contribution >= 0.6 is 0 Å². The maximum Gasteiger partial charge on any atom is 0.299 e. The lowest BCUT2D eigenvalue weighted by molar-refractivity contribution is -0.633. The molecule has 8 rings (SSSR count). The van der Waals surface area contributed by atoms with Gasteiger partial charge in [-0.25, -0.2) is 4.57 Å². The molecule has 0 atom stereocenters. The molecule has 8 aromatic rings. The minimum atomic E-state index is 0.354. The van der Waals surface area contributed by atoms with Crippen molar-refractivity contribution in [3.8, 4) is 39.3 Å². The van der Waals surface area contributed by atoms with Crippen molar-refractivity contribution in [1.82, 2.24) is 4.57 Å². The highest BCUT2D eigenvalue weighted by atomic mass is 16.3. The molecule has 0 aliphatic carbocycles. The number of hydrogen-bond acceptors (Lipinski definition) is 1. The average Bonchev–Trinajstić information content (AvgIpc) is 3.68. The molecule has 0 N–H and O–H groups in total. The van der Waals surface area contributed by atoms with Gasteiger partial charge in [0.05, 0.1) is 7.05 Å². The molecule has 2 heterocycles. The summed E-state index contributed by atoms with van der Waals surface area (Å²) in [6.07, 6.45) is 0. The van der Waals surface area contributed by atoms with Gasteiger partial charge in [0.15, 0.2) is 16.6 Å². The fourth-order valence-corrected chi connectivity index (χ4v) is 8.69. The van der Waals surface area contributed by atoms with E-state index < -0.39 is 0 Å². The van der Waals surface area contributed by atoms with Gasteiger partial charge in [0, 0.05) is 21.9 Å². The molecule has 54 heavy (non-hydrogen) atoms. The summed E-state index contributed by atoms with van der Waals surface area (Å²) in [4.78, 5) is 0. The number of furan rings is 1. The fraction of sp³-hybridized carbons (Fsp3) is 0.275. The van der Waals surface area contributed by atoms with Crippen LogP contribution in [0, 0.1) is 6.92 Å². The molecule has 0 saturated heterocycles. The molecular formula is C51H53N2O+. The van der Waals surface area contributed by atoms with E-state index in [0.717, 1.165) is 33.3 Å². The molecule has 2 aromatic heterocycles.